The number of rotatable bonds is 4. The summed E-state index contributed by atoms with van der Waals surface area (Å²) in [6.07, 6.45) is 1.95. The molecule has 2 saturated heterocycles. The van der Waals surface area contributed by atoms with Gasteiger partial charge >= 0.3 is 0 Å². The molecular weight excluding hydrogens is 356 g/mol. The van der Waals surface area contributed by atoms with Crippen molar-refractivity contribution in [3.05, 3.63) is 47.1 Å². The van der Waals surface area contributed by atoms with Crippen LogP contribution >= 0.6 is 0 Å². The molecule has 1 aromatic carbocycles. The number of carbonyl (C=O) groups is 2. The van der Waals surface area contributed by atoms with Crippen LogP contribution in [0.15, 0.2) is 28.8 Å². The van der Waals surface area contributed by atoms with Gasteiger partial charge in [-0.1, -0.05) is 35.0 Å². The van der Waals surface area contributed by atoms with Crippen LogP contribution in [0.1, 0.15) is 48.0 Å². The zero-order valence-corrected chi connectivity index (χ0v) is 16.4. The van der Waals surface area contributed by atoms with Gasteiger partial charge in [-0.15, -0.1) is 0 Å². The van der Waals surface area contributed by atoms with Crippen LogP contribution in [-0.2, 0) is 16.1 Å². The zero-order valence-electron chi connectivity index (χ0n) is 16.4. The van der Waals surface area contributed by atoms with E-state index < -0.39 is 0 Å². The summed E-state index contributed by atoms with van der Waals surface area (Å²) < 4.78 is 5.28. The van der Waals surface area contributed by atoms with Crippen LogP contribution in [0.2, 0.25) is 0 Å². The summed E-state index contributed by atoms with van der Waals surface area (Å²) in [5.41, 5.74) is 2.30. The van der Waals surface area contributed by atoms with E-state index in [1.165, 1.54) is 5.56 Å². The molecule has 1 aromatic heterocycles. The van der Waals surface area contributed by atoms with E-state index in [-0.39, 0.29) is 23.7 Å². The van der Waals surface area contributed by atoms with Gasteiger partial charge in [-0.25, -0.2) is 0 Å². The Bertz CT molecular complexity index is 853. The largest absolute Gasteiger partial charge is 0.342 e. The molecule has 0 saturated carbocycles. The van der Waals surface area contributed by atoms with Crippen LogP contribution in [0.4, 0.5) is 0 Å². The molecule has 1 atom stereocenters. The van der Waals surface area contributed by atoms with E-state index in [0.717, 1.165) is 18.4 Å². The Hall–Kier alpha value is -2.70. The van der Waals surface area contributed by atoms with Crippen molar-refractivity contribution in [1.29, 1.82) is 0 Å². The van der Waals surface area contributed by atoms with Crippen molar-refractivity contribution in [2.24, 2.45) is 5.92 Å². The number of hydrogen-bond acceptors (Lipinski definition) is 5. The predicted octanol–water partition coefficient (Wildman–Crippen LogP) is 2.44. The van der Waals surface area contributed by atoms with E-state index in [4.69, 9.17) is 4.52 Å². The molecule has 2 aliphatic heterocycles. The van der Waals surface area contributed by atoms with Crippen LogP contribution in [0.5, 0.6) is 0 Å². The molecule has 0 radical (unpaired) electrons. The van der Waals surface area contributed by atoms with Gasteiger partial charge in [-0.2, -0.15) is 4.98 Å². The fraction of sp³-hybridized carbons (Fsp3) is 0.524. The lowest BCUT2D eigenvalue weighted by atomic mass is 9.95. The summed E-state index contributed by atoms with van der Waals surface area (Å²) in [6, 6.07) is 8.19. The molecule has 148 valence electrons. The van der Waals surface area contributed by atoms with E-state index in [0.29, 0.717) is 44.3 Å². The summed E-state index contributed by atoms with van der Waals surface area (Å²) in [7, 11) is 0. The molecule has 4 rings (SSSR count). The molecule has 0 spiro atoms. The highest BCUT2D eigenvalue weighted by molar-refractivity contribution is 5.89. The van der Waals surface area contributed by atoms with Crippen LogP contribution < -0.4 is 0 Å². The Balaban J connectivity index is 1.31. The van der Waals surface area contributed by atoms with Gasteiger partial charge in [-0.05, 0) is 32.3 Å². The number of nitrogens with zero attached hydrogens (tertiary/aromatic N) is 4. The highest BCUT2D eigenvalue weighted by atomic mass is 16.5. The monoisotopic (exact) mass is 382 g/mol. The van der Waals surface area contributed by atoms with Gasteiger partial charge in [0.15, 0.2) is 5.82 Å². The summed E-state index contributed by atoms with van der Waals surface area (Å²) in [6.45, 7) is 6.28. The Morgan fingerprint density at radius 3 is 2.54 bits per heavy atom. The molecule has 2 aromatic rings. The van der Waals surface area contributed by atoms with Crippen LogP contribution in [0, 0.1) is 19.8 Å². The number of benzene rings is 1. The Morgan fingerprint density at radius 2 is 1.89 bits per heavy atom. The fourth-order valence-corrected chi connectivity index (χ4v) is 4.09. The molecule has 3 heterocycles. The molecule has 2 aliphatic rings. The van der Waals surface area contributed by atoms with Gasteiger partial charge in [0.2, 0.25) is 17.7 Å². The molecule has 7 nitrogen and oxygen atoms in total. The minimum absolute atomic E-state index is 0.0650. The zero-order chi connectivity index (χ0) is 19.7. The molecule has 0 unspecified atom stereocenters. The van der Waals surface area contributed by atoms with Crippen LogP contribution in [0.25, 0.3) is 0 Å². The first-order valence-corrected chi connectivity index (χ1v) is 9.92. The second-order valence-electron chi connectivity index (χ2n) is 7.94. The molecule has 28 heavy (non-hydrogen) atoms. The molecule has 0 N–H and O–H groups in total. The summed E-state index contributed by atoms with van der Waals surface area (Å²) >= 11 is 0. The van der Waals surface area contributed by atoms with Crippen molar-refractivity contribution in [1.82, 2.24) is 19.9 Å². The fourth-order valence-electron chi connectivity index (χ4n) is 4.09. The Labute approximate surface area is 164 Å². The van der Waals surface area contributed by atoms with Crippen molar-refractivity contribution in [3.63, 3.8) is 0 Å². The van der Waals surface area contributed by atoms with Crippen molar-refractivity contribution in [3.8, 4) is 0 Å². The minimum atomic E-state index is -0.236. The van der Waals surface area contributed by atoms with E-state index >= 15 is 0 Å². The highest BCUT2D eigenvalue weighted by Gasteiger charge is 2.38. The van der Waals surface area contributed by atoms with E-state index in [9.17, 15) is 9.59 Å². The number of amides is 2. The van der Waals surface area contributed by atoms with Crippen LogP contribution in [-0.4, -0.2) is 51.4 Å². The summed E-state index contributed by atoms with van der Waals surface area (Å²) in [5.74, 6) is 1.46. The van der Waals surface area contributed by atoms with Crippen molar-refractivity contribution in [2.75, 3.05) is 19.6 Å². The van der Waals surface area contributed by atoms with E-state index in [2.05, 4.69) is 10.1 Å². The van der Waals surface area contributed by atoms with Crippen molar-refractivity contribution < 1.29 is 14.1 Å². The third kappa shape index (κ3) is 3.93. The first-order valence-electron chi connectivity index (χ1n) is 9.92. The number of aryl methyl sites for hydroxylation is 2. The lowest BCUT2D eigenvalue weighted by molar-refractivity contribution is -0.136. The maximum absolute atomic E-state index is 12.9. The summed E-state index contributed by atoms with van der Waals surface area (Å²) in [5, 5.41) is 3.86. The van der Waals surface area contributed by atoms with E-state index in [1.54, 1.807) is 4.90 Å². The second-order valence-corrected chi connectivity index (χ2v) is 7.94. The minimum Gasteiger partial charge on any atom is -0.342 e. The van der Waals surface area contributed by atoms with E-state index in [1.807, 2.05) is 43.0 Å². The molecule has 0 aliphatic carbocycles. The quantitative estimate of drug-likeness (QED) is 0.811. The van der Waals surface area contributed by atoms with Gasteiger partial charge in [0.25, 0.3) is 0 Å². The number of likely N-dealkylation sites (tertiary alicyclic amines) is 2. The third-order valence-electron chi connectivity index (χ3n) is 5.76. The average Bonchev–Trinajstić information content (AvgIpc) is 3.29. The van der Waals surface area contributed by atoms with Crippen molar-refractivity contribution in [2.45, 2.75) is 45.6 Å². The topological polar surface area (TPSA) is 79.5 Å². The van der Waals surface area contributed by atoms with Gasteiger partial charge in [-0.3, -0.25) is 9.59 Å². The highest BCUT2D eigenvalue weighted by Crippen LogP contribution is 2.29. The average molecular weight is 382 g/mol. The SMILES string of the molecule is Cc1ccc(CN2C[C@@H](C(=O)N3CCC(c4nc(C)no4)CC3)CC2=O)cc1. The smallest absolute Gasteiger partial charge is 0.229 e. The first kappa shape index (κ1) is 18.7. The lowest BCUT2D eigenvalue weighted by Gasteiger charge is -2.32. The molecule has 0 bridgehead atoms. The van der Waals surface area contributed by atoms with Gasteiger partial charge in [0.1, 0.15) is 0 Å². The standard InChI is InChI=1S/C21H26N4O3/c1-14-3-5-16(6-4-14)12-25-13-18(11-19(25)26)21(27)24-9-7-17(8-10-24)20-22-15(2)23-28-20/h3-6,17-18H,7-13H2,1-2H3/t18-/m0/s1. The van der Waals surface area contributed by atoms with Gasteiger partial charge in [0.05, 0.1) is 5.92 Å². The number of piperidine rings is 1. The number of aromatic nitrogens is 2. The molecule has 2 amide bonds. The maximum atomic E-state index is 12.9. The summed E-state index contributed by atoms with van der Waals surface area (Å²) in [4.78, 5) is 33.4. The molecular formula is C21H26N4O3. The first-order chi connectivity index (χ1) is 13.5. The van der Waals surface area contributed by atoms with Gasteiger partial charge in [0, 0.05) is 38.5 Å². The number of carbonyl (C=O) groups excluding carboxylic acids is 2. The van der Waals surface area contributed by atoms with Crippen molar-refractivity contribution >= 4 is 11.8 Å². The Morgan fingerprint density at radius 1 is 1.18 bits per heavy atom. The molecule has 7 heteroatoms. The normalized spacial score (nSPS) is 20.8. The lowest BCUT2D eigenvalue weighted by Crippen LogP contribution is -2.42. The number of hydrogen-bond donors (Lipinski definition) is 0. The molecule has 2 fully saturated rings. The van der Waals surface area contributed by atoms with Gasteiger partial charge < -0.3 is 14.3 Å². The Kier molecular flexibility index (Phi) is 5.15. The second kappa shape index (κ2) is 7.73. The van der Waals surface area contributed by atoms with Crippen LogP contribution in [0.3, 0.4) is 0 Å². The maximum Gasteiger partial charge on any atom is 0.229 e. The predicted molar refractivity (Wildman–Crippen MR) is 102 cm³/mol. The third-order valence-corrected chi connectivity index (χ3v) is 5.76.